The Kier molecular flexibility index (Phi) is 5.08. The smallest absolute Gasteiger partial charge is 0.242 e. The van der Waals surface area contributed by atoms with Crippen molar-refractivity contribution in [1.29, 1.82) is 0 Å². The van der Waals surface area contributed by atoms with E-state index >= 15 is 0 Å². The van der Waals surface area contributed by atoms with Gasteiger partial charge in [-0.3, -0.25) is 0 Å². The Hall–Kier alpha value is -1.31. The molecule has 0 aromatic heterocycles. The zero-order chi connectivity index (χ0) is 15.5. The number of rotatable bonds is 6. The lowest BCUT2D eigenvalue weighted by Crippen LogP contribution is -2.26. The number of likely N-dealkylation sites (tertiary alicyclic amines) is 1. The van der Waals surface area contributed by atoms with E-state index in [1.54, 1.807) is 12.1 Å². The third kappa shape index (κ3) is 3.87. The van der Waals surface area contributed by atoms with Crippen molar-refractivity contribution in [3.63, 3.8) is 0 Å². The first kappa shape index (κ1) is 16.1. The van der Waals surface area contributed by atoms with Gasteiger partial charge >= 0.3 is 0 Å². The van der Waals surface area contributed by atoms with Crippen LogP contribution >= 0.6 is 0 Å². The van der Waals surface area contributed by atoms with Crippen molar-refractivity contribution in [1.82, 2.24) is 9.21 Å². The molecule has 3 N–H and O–H groups in total. The van der Waals surface area contributed by atoms with Gasteiger partial charge in [-0.05, 0) is 44.1 Å². The van der Waals surface area contributed by atoms with Crippen molar-refractivity contribution < 1.29 is 8.42 Å². The highest BCUT2D eigenvalue weighted by molar-refractivity contribution is 7.89. The van der Waals surface area contributed by atoms with Crippen LogP contribution in [-0.2, 0) is 10.0 Å². The summed E-state index contributed by atoms with van der Waals surface area (Å²) >= 11 is 0. The van der Waals surface area contributed by atoms with E-state index in [1.165, 1.54) is 37.3 Å². The molecule has 6 nitrogen and oxygen atoms in total. The van der Waals surface area contributed by atoms with Gasteiger partial charge < -0.3 is 16.0 Å². The van der Waals surface area contributed by atoms with Gasteiger partial charge in [-0.1, -0.05) is 0 Å². The maximum Gasteiger partial charge on any atom is 0.242 e. The second-order valence-electron chi connectivity index (χ2n) is 5.51. The van der Waals surface area contributed by atoms with E-state index in [2.05, 4.69) is 10.2 Å². The molecule has 7 heteroatoms. The Bertz CT molecular complexity index is 581. The second kappa shape index (κ2) is 6.64. The number of nitrogens with two attached hydrogens (primary N) is 1. The van der Waals surface area contributed by atoms with Crippen molar-refractivity contribution >= 4 is 21.4 Å². The normalized spacial score (nSPS) is 16.5. The van der Waals surface area contributed by atoms with Crippen LogP contribution in [0.1, 0.15) is 12.8 Å². The average molecular weight is 312 g/mol. The predicted molar refractivity (Wildman–Crippen MR) is 85.9 cm³/mol. The van der Waals surface area contributed by atoms with E-state index in [1.807, 2.05) is 0 Å². The van der Waals surface area contributed by atoms with Gasteiger partial charge in [-0.25, -0.2) is 12.7 Å². The summed E-state index contributed by atoms with van der Waals surface area (Å²) in [7, 11) is -0.389. The van der Waals surface area contributed by atoms with Crippen LogP contribution in [-0.4, -0.2) is 57.9 Å². The highest BCUT2D eigenvalue weighted by Crippen LogP contribution is 2.24. The van der Waals surface area contributed by atoms with Crippen LogP contribution in [0.15, 0.2) is 23.1 Å². The quantitative estimate of drug-likeness (QED) is 0.767. The van der Waals surface area contributed by atoms with Crippen LogP contribution < -0.4 is 11.1 Å². The van der Waals surface area contributed by atoms with E-state index in [9.17, 15) is 8.42 Å². The van der Waals surface area contributed by atoms with Gasteiger partial charge in [0.1, 0.15) is 0 Å². The predicted octanol–water partition coefficient (Wildman–Crippen LogP) is 1.03. The van der Waals surface area contributed by atoms with Crippen LogP contribution in [0.2, 0.25) is 0 Å². The second-order valence-corrected chi connectivity index (χ2v) is 7.66. The number of hydrogen-bond acceptors (Lipinski definition) is 5. The molecule has 0 atom stereocenters. The summed E-state index contributed by atoms with van der Waals surface area (Å²) in [6.07, 6.45) is 2.53. The molecule has 21 heavy (non-hydrogen) atoms. The lowest BCUT2D eigenvalue weighted by Gasteiger charge is -2.17. The standard InChI is InChI=1S/C14H24N4O2S/c1-17(2)21(19,20)12-5-6-13(15)14(11-12)16-7-10-18-8-3-4-9-18/h5-6,11,16H,3-4,7-10,15H2,1-2H3. The molecule has 0 unspecified atom stereocenters. The number of anilines is 2. The Morgan fingerprint density at radius 2 is 1.95 bits per heavy atom. The van der Waals surface area contributed by atoms with E-state index in [-0.39, 0.29) is 4.90 Å². The summed E-state index contributed by atoms with van der Waals surface area (Å²) in [6, 6.07) is 4.78. The molecule has 1 fully saturated rings. The molecule has 0 bridgehead atoms. The number of nitrogen functional groups attached to an aromatic ring is 1. The third-order valence-electron chi connectivity index (χ3n) is 3.75. The summed E-state index contributed by atoms with van der Waals surface area (Å²) in [5.41, 5.74) is 7.16. The molecule has 0 radical (unpaired) electrons. The minimum absolute atomic E-state index is 0.255. The van der Waals surface area contributed by atoms with E-state index in [0.717, 1.165) is 26.2 Å². The zero-order valence-electron chi connectivity index (χ0n) is 12.7. The third-order valence-corrected chi connectivity index (χ3v) is 5.56. The lowest BCUT2D eigenvalue weighted by atomic mass is 10.2. The van der Waals surface area contributed by atoms with Gasteiger partial charge in [-0.2, -0.15) is 0 Å². The fourth-order valence-corrected chi connectivity index (χ4v) is 3.34. The van der Waals surface area contributed by atoms with Crippen LogP contribution in [0.25, 0.3) is 0 Å². The van der Waals surface area contributed by atoms with Crippen molar-refractivity contribution in [3.8, 4) is 0 Å². The van der Waals surface area contributed by atoms with Gasteiger partial charge in [0, 0.05) is 27.2 Å². The first-order chi connectivity index (χ1) is 9.91. The molecule has 1 aromatic rings. The largest absolute Gasteiger partial charge is 0.397 e. The lowest BCUT2D eigenvalue weighted by molar-refractivity contribution is 0.353. The maximum absolute atomic E-state index is 12.1. The van der Waals surface area contributed by atoms with Gasteiger partial charge in [0.2, 0.25) is 10.0 Å². The van der Waals surface area contributed by atoms with Crippen molar-refractivity contribution in [2.45, 2.75) is 17.7 Å². The first-order valence-electron chi connectivity index (χ1n) is 7.19. The number of hydrogen-bond donors (Lipinski definition) is 2. The highest BCUT2D eigenvalue weighted by atomic mass is 32.2. The SMILES string of the molecule is CN(C)S(=O)(=O)c1ccc(N)c(NCCN2CCCC2)c1. The summed E-state index contributed by atoms with van der Waals surface area (Å²) in [5.74, 6) is 0. The molecule has 0 spiro atoms. The monoisotopic (exact) mass is 312 g/mol. The molecule has 0 amide bonds. The molecular formula is C14H24N4O2S. The molecule has 1 saturated heterocycles. The molecule has 1 heterocycles. The minimum Gasteiger partial charge on any atom is -0.397 e. The number of sulfonamides is 1. The molecule has 1 aliphatic rings. The molecule has 0 aliphatic carbocycles. The van der Waals surface area contributed by atoms with Crippen LogP contribution in [0, 0.1) is 0 Å². The fourth-order valence-electron chi connectivity index (χ4n) is 2.41. The van der Waals surface area contributed by atoms with Gasteiger partial charge in [-0.15, -0.1) is 0 Å². The van der Waals surface area contributed by atoms with E-state index in [0.29, 0.717) is 11.4 Å². The molecule has 0 saturated carbocycles. The molecule has 1 aliphatic heterocycles. The fraction of sp³-hybridized carbons (Fsp3) is 0.571. The summed E-state index contributed by atoms with van der Waals surface area (Å²) in [5, 5.41) is 3.24. The molecule has 1 aromatic carbocycles. The van der Waals surface area contributed by atoms with Crippen LogP contribution in [0.5, 0.6) is 0 Å². The Balaban J connectivity index is 2.05. The van der Waals surface area contributed by atoms with Crippen molar-refractivity contribution in [2.24, 2.45) is 0 Å². The van der Waals surface area contributed by atoms with Gasteiger partial charge in [0.05, 0.1) is 16.3 Å². The van der Waals surface area contributed by atoms with E-state index in [4.69, 9.17) is 5.73 Å². The van der Waals surface area contributed by atoms with Crippen LogP contribution in [0.3, 0.4) is 0 Å². The summed E-state index contributed by atoms with van der Waals surface area (Å²) in [4.78, 5) is 2.65. The summed E-state index contributed by atoms with van der Waals surface area (Å²) < 4.78 is 25.5. The zero-order valence-corrected chi connectivity index (χ0v) is 13.5. The number of benzene rings is 1. The molecular weight excluding hydrogens is 288 g/mol. The first-order valence-corrected chi connectivity index (χ1v) is 8.63. The molecule has 118 valence electrons. The Morgan fingerprint density at radius 3 is 2.57 bits per heavy atom. The number of nitrogens with one attached hydrogen (secondary N) is 1. The van der Waals surface area contributed by atoms with Gasteiger partial charge in [0.25, 0.3) is 0 Å². The van der Waals surface area contributed by atoms with E-state index < -0.39 is 10.0 Å². The highest BCUT2D eigenvalue weighted by Gasteiger charge is 2.18. The molecule has 2 rings (SSSR count). The van der Waals surface area contributed by atoms with Crippen LogP contribution in [0.4, 0.5) is 11.4 Å². The average Bonchev–Trinajstić information content (AvgIpc) is 2.93. The minimum atomic E-state index is -3.43. The maximum atomic E-state index is 12.1. The van der Waals surface area contributed by atoms with Crippen molar-refractivity contribution in [2.75, 3.05) is 51.3 Å². The Morgan fingerprint density at radius 1 is 1.29 bits per heavy atom. The summed E-state index contributed by atoms with van der Waals surface area (Å²) in [6.45, 7) is 4.00. The van der Waals surface area contributed by atoms with Crippen molar-refractivity contribution in [3.05, 3.63) is 18.2 Å². The Labute approximate surface area is 127 Å². The van der Waals surface area contributed by atoms with Gasteiger partial charge in [0.15, 0.2) is 0 Å². The topological polar surface area (TPSA) is 78.7 Å². The number of nitrogens with zero attached hydrogens (tertiary/aromatic N) is 2.